The molecule has 2 aromatic heterocycles. The summed E-state index contributed by atoms with van der Waals surface area (Å²) in [6, 6.07) is 3.72. The van der Waals surface area contributed by atoms with Crippen LogP contribution in [0, 0.1) is 0 Å². The summed E-state index contributed by atoms with van der Waals surface area (Å²) in [7, 11) is 0. The number of aromatic amines is 1. The van der Waals surface area contributed by atoms with E-state index in [0.29, 0.717) is 6.04 Å². The number of nitrogens with zero attached hydrogens (tertiary/aromatic N) is 2. The fourth-order valence-electron chi connectivity index (χ4n) is 2.38. The van der Waals surface area contributed by atoms with Gasteiger partial charge in [0.2, 0.25) is 5.56 Å². The van der Waals surface area contributed by atoms with E-state index in [9.17, 15) is 4.79 Å². The van der Waals surface area contributed by atoms with Gasteiger partial charge in [0.05, 0.1) is 6.04 Å². The average Bonchev–Trinajstić information content (AvgIpc) is 2.90. The molecule has 0 bridgehead atoms. The minimum absolute atomic E-state index is 0.0885. The van der Waals surface area contributed by atoms with Gasteiger partial charge < -0.3 is 9.55 Å². The van der Waals surface area contributed by atoms with Crippen LogP contribution in [0.15, 0.2) is 47.7 Å². The van der Waals surface area contributed by atoms with Gasteiger partial charge >= 0.3 is 0 Å². The van der Waals surface area contributed by atoms with E-state index in [1.54, 1.807) is 6.20 Å². The first kappa shape index (κ1) is 11.0. The molecule has 0 amide bonds. The van der Waals surface area contributed by atoms with Crippen LogP contribution >= 0.6 is 0 Å². The first-order valence-electron chi connectivity index (χ1n) is 6.23. The third-order valence-corrected chi connectivity index (χ3v) is 3.30. The molecular formula is C14H15N3O. The smallest absolute Gasteiger partial charge is 0.247 e. The zero-order valence-corrected chi connectivity index (χ0v) is 10.0. The van der Waals surface area contributed by atoms with Gasteiger partial charge in [-0.05, 0) is 25.3 Å². The van der Waals surface area contributed by atoms with Crippen molar-refractivity contribution in [2.45, 2.75) is 25.3 Å². The summed E-state index contributed by atoms with van der Waals surface area (Å²) in [5.41, 5.74) is 0.855. The third kappa shape index (κ3) is 2.01. The fraction of sp³-hybridized carbons (Fsp3) is 0.286. The Labute approximate surface area is 105 Å². The maximum absolute atomic E-state index is 11.1. The molecule has 2 aromatic rings. The standard InChI is InChI=1S/C14H15N3O/c18-13-7-6-11(10-16-13)14-15-8-9-17(14)12-4-2-1-3-5-12/h2,4,6-10,12H,1,3,5H2,(H,16,18). The molecule has 0 aliphatic heterocycles. The van der Waals surface area contributed by atoms with Crippen LogP contribution in [0.2, 0.25) is 0 Å². The summed E-state index contributed by atoms with van der Waals surface area (Å²) >= 11 is 0. The van der Waals surface area contributed by atoms with E-state index in [0.717, 1.165) is 17.8 Å². The summed E-state index contributed by atoms with van der Waals surface area (Å²) in [6.07, 6.45) is 13.5. The highest BCUT2D eigenvalue weighted by atomic mass is 16.1. The lowest BCUT2D eigenvalue weighted by molar-refractivity contribution is 0.521. The van der Waals surface area contributed by atoms with Gasteiger partial charge in [0, 0.05) is 30.2 Å². The van der Waals surface area contributed by atoms with Gasteiger partial charge in [-0.1, -0.05) is 12.2 Å². The van der Waals surface area contributed by atoms with E-state index in [4.69, 9.17) is 0 Å². The molecule has 92 valence electrons. The van der Waals surface area contributed by atoms with Crippen molar-refractivity contribution in [3.8, 4) is 11.4 Å². The van der Waals surface area contributed by atoms with Crippen LogP contribution < -0.4 is 5.56 Å². The van der Waals surface area contributed by atoms with Crippen molar-refractivity contribution in [2.24, 2.45) is 0 Å². The second kappa shape index (κ2) is 4.64. The van der Waals surface area contributed by atoms with Crippen LogP contribution in [0.5, 0.6) is 0 Å². The lowest BCUT2D eigenvalue weighted by Crippen LogP contribution is -2.10. The highest BCUT2D eigenvalue weighted by molar-refractivity contribution is 5.54. The number of allylic oxidation sites excluding steroid dienone is 2. The number of pyridine rings is 1. The summed E-state index contributed by atoms with van der Waals surface area (Å²) in [6.45, 7) is 0. The Morgan fingerprint density at radius 2 is 2.33 bits per heavy atom. The van der Waals surface area contributed by atoms with Gasteiger partial charge in [0.15, 0.2) is 0 Å². The minimum atomic E-state index is -0.0885. The fourth-order valence-corrected chi connectivity index (χ4v) is 2.38. The Hall–Kier alpha value is -2.10. The van der Waals surface area contributed by atoms with Crippen molar-refractivity contribution in [3.05, 3.63) is 53.2 Å². The summed E-state index contributed by atoms with van der Waals surface area (Å²) < 4.78 is 2.17. The van der Waals surface area contributed by atoms with Gasteiger partial charge in [-0.3, -0.25) is 4.79 Å². The molecule has 1 N–H and O–H groups in total. The number of imidazole rings is 1. The molecule has 0 saturated heterocycles. The minimum Gasteiger partial charge on any atom is -0.328 e. The second-order valence-electron chi connectivity index (χ2n) is 4.53. The zero-order chi connectivity index (χ0) is 12.4. The number of aromatic nitrogens is 3. The topological polar surface area (TPSA) is 50.7 Å². The van der Waals surface area contributed by atoms with Crippen molar-refractivity contribution in [1.82, 2.24) is 14.5 Å². The Kier molecular flexibility index (Phi) is 2.84. The van der Waals surface area contributed by atoms with Crippen molar-refractivity contribution >= 4 is 0 Å². The van der Waals surface area contributed by atoms with E-state index in [-0.39, 0.29) is 5.56 Å². The molecule has 0 fully saturated rings. The maximum Gasteiger partial charge on any atom is 0.247 e. The van der Waals surface area contributed by atoms with E-state index in [1.165, 1.54) is 18.9 Å². The summed E-state index contributed by atoms with van der Waals surface area (Å²) in [4.78, 5) is 18.2. The molecule has 3 rings (SSSR count). The largest absolute Gasteiger partial charge is 0.328 e. The highest BCUT2D eigenvalue weighted by Gasteiger charge is 2.14. The predicted molar refractivity (Wildman–Crippen MR) is 70.3 cm³/mol. The normalized spacial score (nSPS) is 19.0. The molecule has 1 atom stereocenters. The monoisotopic (exact) mass is 241 g/mol. The highest BCUT2D eigenvalue weighted by Crippen LogP contribution is 2.27. The van der Waals surface area contributed by atoms with Gasteiger partial charge in [0.25, 0.3) is 0 Å². The first-order valence-corrected chi connectivity index (χ1v) is 6.23. The van der Waals surface area contributed by atoms with Crippen LogP contribution in [-0.4, -0.2) is 14.5 Å². The lowest BCUT2D eigenvalue weighted by atomic mass is 10.0. The molecular weight excluding hydrogens is 226 g/mol. The first-order chi connectivity index (χ1) is 8.84. The quantitative estimate of drug-likeness (QED) is 0.821. The Morgan fingerprint density at radius 1 is 1.39 bits per heavy atom. The third-order valence-electron chi connectivity index (χ3n) is 3.30. The van der Waals surface area contributed by atoms with Crippen LogP contribution in [0.4, 0.5) is 0 Å². The molecule has 1 aliphatic carbocycles. The van der Waals surface area contributed by atoms with E-state index >= 15 is 0 Å². The number of H-pyrrole nitrogens is 1. The van der Waals surface area contributed by atoms with Crippen LogP contribution in [0.25, 0.3) is 11.4 Å². The molecule has 0 aromatic carbocycles. The van der Waals surface area contributed by atoms with Gasteiger partial charge in [-0.25, -0.2) is 4.98 Å². The van der Waals surface area contributed by atoms with Gasteiger partial charge in [-0.2, -0.15) is 0 Å². The Morgan fingerprint density at radius 3 is 3.06 bits per heavy atom. The zero-order valence-electron chi connectivity index (χ0n) is 10.0. The molecule has 0 radical (unpaired) electrons. The molecule has 4 nitrogen and oxygen atoms in total. The van der Waals surface area contributed by atoms with E-state index in [2.05, 4.69) is 26.7 Å². The van der Waals surface area contributed by atoms with E-state index < -0.39 is 0 Å². The number of hydrogen-bond donors (Lipinski definition) is 1. The lowest BCUT2D eigenvalue weighted by Gasteiger charge is -2.20. The molecule has 18 heavy (non-hydrogen) atoms. The van der Waals surface area contributed by atoms with Crippen molar-refractivity contribution in [1.29, 1.82) is 0 Å². The number of nitrogens with one attached hydrogen (secondary N) is 1. The van der Waals surface area contributed by atoms with Crippen LogP contribution in [0.1, 0.15) is 25.3 Å². The molecule has 4 heteroatoms. The van der Waals surface area contributed by atoms with Crippen LogP contribution in [0.3, 0.4) is 0 Å². The second-order valence-corrected chi connectivity index (χ2v) is 4.53. The van der Waals surface area contributed by atoms with Crippen molar-refractivity contribution in [3.63, 3.8) is 0 Å². The molecule has 1 unspecified atom stereocenters. The van der Waals surface area contributed by atoms with Crippen molar-refractivity contribution in [2.75, 3.05) is 0 Å². The number of rotatable bonds is 2. The summed E-state index contributed by atoms with van der Waals surface area (Å²) in [5, 5.41) is 0. The Bertz CT molecular complexity index is 603. The van der Waals surface area contributed by atoms with Gasteiger partial charge in [0.1, 0.15) is 5.82 Å². The van der Waals surface area contributed by atoms with Crippen molar-refractivity contribution < 1.29 is 0 Å². The number of hydrogen-bond acceptors (Lipinski definition) is 2. The van der Waals surface area contributed by atoms with Crippen LogP contribution in [-0.2, 0) is 0 Å². The van der Waals surface area contributed by atoms with E-state index in [1.807, 2.05) is 18.5 Å². The SMILES string of the molecule is O=c1ccc(-c2nccn2C2C=CCCC2)c[nH]1. The average molecular weight is 241 g/mol. The predicted octanol–water partition coefficient (Wildman–Crippen LogP) is 2.52. The molecule has 2 heterocycles. The Balaban J connectivity index is 2.00. The van der Waals surface area contributed by atoms with Gasteiger partial charge in [-0.15, -0.1) is 0 Å². The molecule has 0 saturated carbocycles. The molecule has 0 spiro atoms. The maximum atomic E-state index is 11.1. The summed E-state index contributed by atoms with van der Waals surface area (Å²) in [5.74, 6) is 0.905. The molecule has 1 aliphatic rings.